The number of carbonyl (C=O) groups is 1. The number of carboxylic acids is 1. The minimum absolute atomic E-state index is 0.0229. The van der Waals surface area contributed by atoms with Crippen LogP contribution in [0.5, 0.6) is 0 Å². The molecule has 92 valence electrons. The smallest absolute Gasteiger partial charge is 0.337 e. The number of halogens is 1. The molecule has 0 spiro atoms. The van der Waals surface area contributed by atoms with Crippen LogP contribution in [0.4, 0.5) is 5.69 Å². The molecule has 0 fully saturated rings. The van der Waals surface area contributed by atoms with Crippen molar-refractivity contribution in [2.75, 3.05) is 5.32 Å². The van der Waals surface area contributed by atoms with Crippen molar-refractivity contribution >= 4 is 23.3 Å². The second-order valence-electron chi connectivity index (χ2n) is 3.21. The molecule has 0 aliphatic carbocycles. The van der Waals surface area contributed by atoms with E-state index in [-0.39, 0.29) is 21.9 Å². The molecule has 0 atom stereocenters. The first kappa shape index (κ1) is 14.1. The zero-order valence-corrected chi connectivity index (χ0v) is 10.1. The number of rotatable bonds is 3. The van der Waals surface area contributed by atoms with Gasteiger partial charge in [0, 0.05) is 5.69 Å². The van der Waals surface area contributed by atoms with Gasteiger partial charge in [-0.05, 0) is 18.2 Å². The molecule has 0 aliphatic heterocycles. The van der Waals surface area contributed by atoms with Crippen LogP contribution in [-0.2, 0) is 0 Å². The normalized spacial score (nSPS) is 8.53. The predicted molar refractivity (Wildman–Crippen MR) is 65.9 cm³/mol. The van der Waals surface area contributed by atoms with E-state index in [0.29, 0.717) is 5.69 Å². The van der Waals surface area contributed by atoms with Crippen LogP contribution in [-0.4, -0.2) is 11.1 Å². The average Bonchev–Trinajstić information content (AvgIpc) is 2.38. The molecule has 1 aromatic carbocycles. The van der Waals surface area contributed by atoms with E-state index < -0.39 is 5.97 Å². The van der Waals surface area contributed by atoms with Crippen LogP contribution in [0.25, 0.3) is 0 Å². The van der Waals surface area contributed by atoms with Gasteiger partial charge in [-0.1, -0.05) is 11.6 Å². The van der Waals surface area contributed by atoms with Crippen LogP contribution in [0.3, 0.4) is 0 Å². The molecule has 1 aromatic rings. The molecular formula is C12H5ClN4O2. The van der Waals surface area contributed by atoms with Crippen molar-refractivity contribution in [2.45, 2.75) is 0 Å². The quantitative estimate of drug-likeness (QED) is 0.814. The molecule has 2 N–H and O–H groups in total. The molecule has 0 aliphatic rings. The summed E-state index contributed by atoms with van der Waals surface area (Å²) in [6.45, 7) is 0. The second kappa shape index (κ2) is 6.07. The highest BCUT2D eigenvalue weighted by Crippen LogP contribution is 2.22. The van der Waals surface area contributed by atoms with Gasteiger partial charge in [0.25, 0.3) is 0 Å². The summed E-state index contributed by atoms with van der Waals surface area (Å²) >= 11 is 5.75. The number of anilines is 1. The summed E-state index contributed by atoms with van der Waals surface area (Å²) in [5.74, 6) is -1.18. The number of nitriles is 3. The first-order valence-electron chi connectivity index (χ1n) is 4.78. The summed E-state index contributed by atoms with van der Waals surface area (Å²) in [4.78, 5) is 10.8. The van der Waals surface area contributed by atoms with E-state index in [9.17, 15) is 4.79 Å². The molecule has 0 saturated heterocycles. The fraction of sp³-hybridized carbons (Fsp3) is 0. The van der Waals surface area contributed by atoms with Crippen molar-refractivity contribution in [1.29, 1.82) is 15.8 Å². The van der Waals surface area contributed by atoms with Crippen molar-refractivity contribution in [3.8, 4) is 18.2 Å². The average molecular weight is 273 g/mol. The Bertz CT molecular complexity index is 673. The Kier molecular flexibility index (Phi) is 4.49. The summed E-state index contributed by atoms with van der Waals surface area (Å²) in [6.07, 6.45) is 0. The van der Waals surface area contributed by atoms with Crippen LogP contribution < -0.4 is 5.32 Å². The molecule has 1 rings (SSSR count). The number of aromatic carboxylic acids is 1. The van der Waals surface area contributed by atoms with Crippen molar-refractivity contribution in [3.05, 3.63) is 40.1 Å². The zero-order valence-electron chi connectivity index (χ0n) is 9.31. The van der Waals surface area contributed by atoms with Gasteiger partial charge in [0.1, 0.15) is 23.9 Å². The summed E-state index contributed by atoms with van der Waals surface area (Å²) in [5, 5.41) is 37.4. The first-order valence-corrected chi connectivity index (χ1v) is 5.15. The molecule has 7 heteroatoms. The maximum absolute atomic E-state index is 10.8. The molecule has 0 amide bonds. The number of nitrogens with one attached hydrogen (secondary N) is 1. The number of hydrogen-bond acceptors (Lipinski definition) is 5. The first-order chi connectivity index (χ1) is 9.03. The van der Waals surface area contributed by atoms with E-state index in [4.69, 9.17) is 32.5 Å². The van der Waals surface area contributed by atoms with Crippen LogP contribution in [0.2, 0.25) is 5.02 Å². The van der Waals surface area contributed by atoms with E-state index in [1.54, 1.807) is 18.2 Å². The molecule has 0 saturated carbocycles. The van der Waals surface area contributed by atoms with Gasteiger partial charge in [-0.15, -0.1) is 0 Å². The van der Waals surface area contributed by atoms with E-state index in [0.717, 1.165) is 0 Å². The Hall–Kier alpha value is -3.01. The summed E-state index contributed by atoms with van der Waals surface area (Å²) in [7, 11) is 0. The van der Waals surface area contributed by atoms with E-state index in [2.05, 4.69) is 5.32 Å². The Labute approximate surface area is 113 Å². The van der Waals surface area contributed by atoms with Gasteiger partial charge >= 0.3 is 5.97 Å². The summed E-state index contributed by atoms with van der Waals surface area (Å²) in [6, 6.07) is 8.73. The summed E-state index contributed by atoms with van der Waals surface area (Å²) < 4.78 is 0. The van der Waals surface area contributed by atoms with Crippen LogP contribution in [0, 0.1) is 34.0 Å². The van der Waals surface area contributed by atoms with Crippen LogP contribution >= 0.6 is 11.6 Å². The van der Waals surface area contributed by atoms with Gasteiger partial charge in [-0.25, -0.2) is 4.79 Å². The number of carboxylic acid groups (broad SMARTS) is 1. The van der Waals surface area contributed by atoms with E-state index in [1.807, 2.05) is 0 Å². The lowest BCUT2D eigenvalue weighted by Crippen LogP contribution is -2.02. The molecule has 0 unspecified atom stereocenters. The van der Waals surface area contributed by atoms with Gasteiger partial charge in [0.15, 0.2) is 5.57 Å². The van der Waals surface area contributed by atoms with E-state index in [1.165, 1.54) is 18.2 Å². The third-order valence-electron chi connectivity index (χ3n) is 2.05. The van der Waals surface area contributed by atoms with Gasteiger partial charge in [-0.3, -0.25) is 0 Å². The van der Waals surface area contributed by atoms with Crippen molar-refractivity contribution < 1.29 is 9.90 Å². The van der Waals surface area contributed by atoms with Crippen molar-refractivity contribution in [3.63, 3.8) is 0 Å². The van der Waals surface area contributed by atoms with Gasteiger partial charge in [0.05, 0.1) is 10.6 Å². The highest BCUT2D eigenvalue weighted by Gasteiger charge is 2.11. The lowest BCUT2D eigenvalue weighted by atomic mass is 10.2. The molecule has 6 nitrogen and oxygen atoms in total. The van der Waals surface area contributed by atoms with Crippen LogP contribution in [0.15, 0.2) is 29.5 Å². The third kappa shape index (κ3) is 3.23. The number of nitrogens with zero attached hydrogens (tertiary/aromatic N) is 3. The summed E-state index contributed by atoms with van der Waals surface area (Å²) in [5.41, 5.74) is -0.393. The molecular weight excluding hydrogens is 268 g/mol. The minimum atomic E-state index is -1.18. The second-order valence-corrected chi connectivity index (χ2v) is 3.62. The van der Waals surface area contributed by atoms with Crippen molar-refractivity contribution in [1.82, 2.24) is 0 Å². The van der Waals surface area contributed by atoms with Crippen molar-refractivity contribution in [2.24, 2.45) is 0 Å². The number of allylic oxidation sites excluding steroid dienone is 2. The Morgan fingerprint density at radius 1 is 1.21 bits per heavy atom. The van der Waals surface area contributed by atoms with Crippen LogP contribution in [0.1, 0.15) is 10.4 Å². The lowest BCUT2D eigenvalue weighted by Gasteiger charge is -2.06. The van der Waals surface area contributed by atoms with E-state index >= 15 is 0 Å². The maximum atomic E-state index is 10.8. The number of hydrogen-bond donors (Lipinski definition) is 2. The zero-order chi connectivity index (χ0) is 14.4. The minimum Gasteiger partial charge on any atom is -0.478 e. The Morgan fingerprint density at radius 3 is 2.26 bits per heavy atom. The number of benzene rings is 1. The monoisotopic (exact) mass is 272 g/mol. The maximum Gasteiger partial charge on any atom is 0.337 e. The highest BCUT2D eigenvalue weighted by atomic mass is 35.5. The van der Waals surface area contributed by atoms with Gasteiger partial charge in [0.2, 0.25) is 0 Å². The molecule has 19 heavy (non-hydrogen) atoms. The predicted octanol–water partition coefficient (Wildman–Crippen LogP) is 2.27. The van der Waals surface area contributed by atoms with Gasteiger partial charge in [-0.2, -0.15) is 15.8 Å². The fourth-order valence-corrected chi connectivity index (χ4v) is 1.46. The lowest BCUT2D eigenvalue weighted by molar-refractivity contribution is 0.0697. The standard InChI is InChI=1S/C12H5ClN4O2/c13-10-3-8(1-2-9(10)12(18)19)17-11(6-16)7(4-14)5-15/h1-3,17H,(H,18,19). The largest absolute Gasteiger partial charge is 0.478 e. The molecule has 0 heterocycles. The molecule has 0 bridgehead atoms. The Balaban J connectivity index is 3.16. The molecule has 0 radical (unpaired) electrons. The third-order valence-corrected chi connectivity index (χ3v) is 2.37. The van der Waals surface area contributed by atoms with Gasteiger partial charge < -0.3 is 10.4 Å². The Morgan fingerprint density at radius 2 is 1.84 bits per heavy atom. The highest BCUT2D eigenvalue weighted by molar-refractivity contribution is 6.33. The molecule has 0 aromatic heterocycles. The fourth-order valence-electron chi connectivity index (χ4n) is 1.19. The SMILES string of the molecule is N#CC(C#N)=C(C#N)Nc1ccc(C(=O)O)c(Cl)c1. The topological polar surface area (TPSA) is 121 Å².